The normalized spacial score (nSPS) is 12.2. The molecule has 4 nitrogen and oxygen atoms in total. The summed E-state index contributed by atoms with van der Waals surface area (Å²) >= 11 is 33.8. The maximum absolute atomic E-state index is 7.75. The fourth-order valence-corrected chi connectivity index (χ4v) is 2.00. The molecule has 0 aliphatic carbocycles. The topological polar surface area (TPSA) is 54.2 Å². The Balaban J connectivity index is 4.54. The van der Waals surface area contributed by atoms with Crippen molar-refractivity contribution in [2.24, 2.45) is 0 Å². The zero-order chi connectivity index (χ0) is 15.4. The number of alkyl halides is 6. The first-order valence-electron chi connectivity index (χ1n) is 5.18. The number of hydrogen-bond donors (Lipinski definition) is 2. The molecule has 0 fully saturated rings. The highest BCUT2D eigenvalue weighted by atomic mass is 35.6. The highest BCUT2D eigenvalue weighted by Gasteiger charge is 2.32. The Morgan fingerprint density at radius 3 is 1.63 bits per heavy atom. The molecule has 0 unspecified atom stereocenters. The molecule has 0 atom stereocenters. The van der Waals surface area contributed by atoms with Crippen molar-refractivity contribution in [3.8, 4) is 0 Å². The van der Waals surface area contributed by atoms with Gasteiger partial charge in [0.1, 0.15) is 11.7 Å². The second-order valence-electron chi connectivity index (χ2n) is 3.69. The molecule has 0 aromatic rings. The van der Waals surface area contributed by atoms with Crippen molar-refractivity contribution in [3.05, 3.63) is 0 Å². The van der Waals surface area contributed by atoms with E-state index in [4.69, 9.17) is 80.4 Å². The number of hydrogen-bond acceptors (Lipinski definition) is 2. The average Bonchev–Trinajstić information content (AvgIpc) is 2.25. The van der Waals surface area contributed by atoms with E-state index >= 15 is 0 Å². The second kappa shape index (κ2) is 7.62. The third-order valence-corrected chi connectivity index (χ3v) is 3.40. The SMILES string of the molecule is CCN(CCN(C)C(=N)C(Cl)(Cl)Cl)C(=N)C(Cl)(Cl)Cl. The Hall–Kier alpha value is 0.680. The lowest BCUT2D eigenvalue weighted by molar-refractivity contribution is 0.371. The van der Waals surface area contributed by atoms with Crippen molar-refractivity contribution in [3.63, 3.8) is 0 Å². The van der Waals surface area contributed by atoms with Gasteiger partial charge in [-0.15, -0.1) is 0 Å². The molecular weight excluding hydrogens is 377 g/mol. The number of amidine groups is 2. The van der Waals surface area contributed by atoms with Gasteiger partial charge in [-0.2, -0.15) is 0 Å². The van der Waals surface area contributed by atoms with Crippen LogP contribution in [0.1, 0.15) is 6.92 Å². The van der Waals surface area contributed by atoms with Crippen molar-refractivity contribution in [2.45, 2.75) is 14.5 Å². The van der Waals surface area contributed by atoms with Crippen LogP contribution in [0.25, 0.3) is 0 Å². The second-order valence-corrected chi connectivity index (χ2v) is 8.26. The molecule has 0 aromatic heterocycles. The third-order valence-electron chi connectivity index (χ3n) is 2.32. The van der Waals surface area contributed by atoms with E-state index < -0.39 is 7.59 Å². The summed E-state index contributed by atoms with van der Waals surface area (Å²) < 4.78 is -3.56. The molecule has 112 valence electrons. The zero-order valence-corrected chi connectivity index (χ0v) is 14.8. The Labute approximate surface area is 142 Å². The lowest BCUT2D eigenvalue weighted by atomic mass is 10.4. The predicted octanol–water partition coefficient (Wildman–Crippen LogP) is 3.94. The first-order valence-corrected chi connectivity index (χ1v) is 7.45. The van der Waals surface area contributed by atoms with E-state index in [1.165, 1.54) is 4.90 Å². The van der Waals surface area contributed by atoms with Crippen molar-refractivity contribution in [1.29, 1.82) is 10.8 Å². The first kappa shape index (κ1) is 19.7. The Bertz CT molecular complexity index is 335. The molecule has 0 aromatic carbocycles. The van der Waals surface area contributed by atoms with E-state index in [0.29, 0.717) is 19.6 Å². The molecule has 0 saturated carbocycles. The van der Waals surface area contributed by atoms with E-state index in [2.05, 4.69) is 0 Å². The molecule has 0 aliphatic rings. The lowest BCUT2D eigenvalue weighted by Gasteiger charge is -2.31. The van der Waals surface area contributed by atoms with Crippen LogP contribution in [0.2, 0.25) is 0 Å². The minimum atomic E-state index is -1.78. The summed E-state index contributed by atoms with van der Waals surface area (Å²) in [5.74, 6) is -0.289. The summed E-state index contributed by atoms with van der Waals surface area (Å²) in [5.41, 5.74) is 0. The largest absolute Gasteiger partial charge is 0.358 e. The summed E-state index contributed by atoms with van der Waals surface area (Å²) in [7, 11) is 1.61. The Morgan fingerprint density at radius 2 is 1.32 bits per heavy atom. The van der Waals surface area contributed by atoms with Crippen molar-refractivity contribution >= 4 is 81.3 Å². The fourth-order valence-electron chi connectivity index (χ4n) is 1.21. The van der Waals surface area contributed by atoms with E-state index in [1.807, 2.05) is 6.92 Å². The van der Waals surface area contributed by atoms with Crippen LogP contribution in [0.15, 0.2) is 0 Å². The molecule has 0 spiro atoms. The minimum absolute atomic E-state index is 0.131. The molecule has 0 heterocycles. The van der Waals surface area contributed by atoms with Crippen LogP contribution in [0.4, 0.5) is 0 Å². The fraction of sp³-hybridized carbons (Fsp3) is 0.778. The van der Waals surface area contributed by atoms with Gasteiger partial charge in [-0.3, -0.25) is 10.8 Å². The molecule has 0 radical (unpaired) electrons. The van der Waals surface area contributed by atoms with Gasteiger partial charge in [0.05, 0.1) is 0 Å². The predicted molar refractivity (Wildman–Crippen MR) is 85.9 cm³/mol. The summed E-state index contributed by atoms with van der Waals surface area (Å²) in [4.78, 5) is 3.02. The number of halogens is 6. The number of rotatable bonds is 4. The summed E-state index contributed by atoms with van der Waals surface area (Å²) in [6.45, 7) is 3.03. The smallest absolute Gasteiger partial charge is 0.247 e. The van der Waals surface area contributed by atoms with Gasteiger partial charge < -0.3 is 9.80 Å². The van der Waals surface area contributed by atoms with E-state index in [9.17, 15) is 0 Å². The van der Waals surface area contributed by atoms with Crippen molar-refractivity contribution < 1.29 is 0 Å². The molecule has 0 saturated heterocycles. The molecular formula is C9H14Cl6N4. The van der Waals surface area contributed by atoms with Gasteiger partial charge >= 0.3 is 0 Å². The average molecular weight is 391 g/mol. The molecule has 0 amide bonds. The van der Waals surface area contributed by atoms with E-state index in [0.717, 1.165) is 0 Å². The van der Waals surface area contributed by atoms with Gasteiger partial charge in [0.15, 0.2) is 0 Å². The van der Waals surface area contributed by atoms with Crippen molar-refractivity contribution in [2.75, 3.05) is 26.7 Å². The van der Waals surface area contributed by atoms with Crippen molar-refractivity contribution in [1.82, 2.24) is 9.80 Å². The monoisotopic (exact) mass is 388 g/mol. The van der Waals surface area contributed by atoms with E-state index in [-0.39, 0.29) is 11.7 Å². The highest BCUT2D eigenvalue weighted by Crippen LogP contribution is 2.29. The number of likely N-dealkylation sites (N-methyl/N-ethyl adjacent to an activating group) is 2. The minimum Gasteiger partial charge on any atom is -0.358 e. The maximum atomic E-state index is 7.75. The van der Waals surface area contributed by atoms with Gasteiger partial charge in [-0.05, 0) is 6.92 Å². The highest BCUT2D eigenvalue weighted by molar-refractivity contribution is 6.77. The van der Waals surface area contributed by atoms with Crippen LogP contribution < -0.4 is 0 Å². The van der Waals surface area contributed by atoms with Gasteiger partial charge in [0.25, 0.3) is 0 Å². The molecule has 0 bridgehead atoms. The van der Waals surface area contributed by atoms with E-state index in [1.54, 1.807) is 11.9 Å². The summed E-state index contributed by atoms with van der Waals surface area (Å²) in [5, 5.41) is 15.4. The molecule has 0 aliphatic heterocycles. The van der Waals surface area contributed by atoms with Gasteiger partial charge in [0.2, 0.25) is 7.59 Å². The van der Waals surface area contributed by atoms with Crippen LogP contribution in [0.3, 0.4) is 0 Å². The Kier molecular flexibility index (Phi) is 7.89. The van der Waals surface area contributed by atoms with Crippen LogP contribution in [-0.4, -0.2) is 55.7 Å². The summed E-state index contributed by atoms with van der Waals surface area (Å²) in [6.07, 6.45) is 0. The number of nitrogens with zero attached hydrogens (tertiary/aromatic N) is 2. The molecule has 0 rings (SSSR count). The zero-order valence-electron chi connectivity index (χ0n) is 10.3. The van der Waals surface area contributed by atoms with Crippen LogP contribution >= 0.6 is 69.6 Å². The first-order chi connectivity index (χ1) is 8.41. The quantitative estimate of drug-likeness (QED) is 0.434. The summed E-state index contributed by atoms with van der Waals surface area (Å²) in [6, 6.07) is 0. The lowest BCUT2D eigenvalue weighted by Crippen LogP contribution is -2.45. The number of nitrogens with one attached hydrogen (secondary N) is 2. The van der Waals surface area contributed by atoms with Gasteiger partial charge in [0, 0.05) is 26.7 Å². The molecule has 10 heteroatoms. The molecule has 2 N–H and O–H groups in total. The van der Waals surface area contributed by atoms with Crippen LogP contribution in [-0.2, 0) is 0 Å². The maximum Gasteiger partial charge on any atom is 0.247 e. The third kappa shape index (κ3) is 6.78. The van der Waals surface area contributed by atoms with Gasteiger partial charge in [-0.1, -0.05) is 69.6 Å². The van der Waals surface area contributed by atoms with Gasteiger partial charge in [-0.25, -0.2) is 0 Å². The van der Waals surface area contributed by atoms with Crippen LogP contribution in [0, 0.1) is 10.8 Å². The standard InChI is InChI=1S/C9H14Cl6N4/c1-3-19(7(17)9(13,14)15)5-4-18(2)6(16)8(10,11)12/h16-17H,3-5H2,1-2H3. The van der Waals surface area contributed by atoms with Crippen LogP contribution in [0.5, 0.6) is 0 Å². The molecule has 19 heavy (non-hydrogen) atoms. The Morgan fingerprint density at radius 1 is 0.895 bits per heavy atom.